The molecule has 6 nitrogen and oxygen atoms in total. The van der Waals surface area contributed by atoms with Crippen molar-refractivity contribution in [2.45, 2.75) is 0 Å². The number of fused-ring (bicyclic) bond motifs is 1. The predicted molar refractivity (Wildman–Crippen MR) is 72.7 cm³/mol. The van der Waals surface area contributed by atoms with Crippen LogP contribution in [0, 0.1) is 0 Å². The van der Waals surface area contributed by atoms with Gasteiger partial charge in [0.25, 0.3) is 0 Å². The van der Waals surface area contributed by atoms with Crippen molar-refractivity contribution in [2.24, 2.45) is 0 Å². The average molecular weight is 277 g/mol. The van der Waals surface area contributed by atoms with E-state index in [1.807, 2.05) is 0 Å². The Morgan fingerprint density at radius 2 is 1.75 bits per heavy atom. The maximum Gasteiger partial charge on any atom is 0.338 e. The van der Waals surface area contributed by atoms with Crippen LogP contribution in [0.3, 0.4) is 0 Å². The maximum absolute atomic E-state index is 11.9. The van der Waals surface area contributed by atoms with Gasteiger partial charge in [0.05, 0.1) is 44.9 Å². The summed E-state index contributed by atoms with van der Waals surface area (Å²) < 4.78 is 20.7. The van der Waals surface area contributed by atoms with Crippen LogP contribution in [0.15, 0.2) is 18.3 Å². The number of aromatic nitrogens is 1. The first-order valence-corrected chi connectivity index (χ1v) is 5.83. The molecule has 0 bridgehead atoms. The van der Waals surface area contributed by atoms with Gasteiger partial charge in [-0.2, -0.15) is 0 Å². The number of nitrogens with zero attached hydrogens (tertiary/aromatic N) is 1. The largest absolute Gasteiger partial charge is 0.493 e. The molecule has 0 spiro atoms. The predicted octanol–water partition coefficient (Wildman–Crippen LogP) is 2.05. The zero-order valence-electron chi connectivity index (χ0n) is 11.7. The molecule has 0 aliphatic rings. The van der Waals surface area contributed by atoms with E-state index in [0.717, 1.165) is 0 Å². The molecule has 0 unspecified atom stereocenters. The lowest BCUT2D eigenvalue weighted by Crippen LogP contribution is -2.05. The van der Waals surface area contributed by atoms with Crippen LogP contribution in [0.25, 0.3) is 10.9 Å². The molecule has 0 amide bonds. The van der Waals surface area contributed by atoms with Crippen molar-refractivity contribution in [2.75, 3.05) is 28.4 Å². The number of methoxy groups -OCH3 is 4. The normalized spacial score (nSPS) is 10.2. The first-order chi connectivity index (χ1) is 9.67. The van der Waals surface area contributed by atoms with Gasteiger partial charge in [0.1, 0.15) is 0 Å². The summed E-state index contributed by atoms with van der Waals surface area (Å²) in [5.74, 6) is 0.797. The van der Waals surface area contributed by atoms with Gasteiger partial charge in [0.15, 0.2) is 11.5 Å². The zero-order valence-corrected chi connectivity index (χ0v) is 11.7. The highest BCUT2D eigenvalue weighted by atomic mass is 16.5. The number of benzene rings is 1. The number of carbonyl (C=O) groups is 1. The lowest BCUT2D eigenvalue weighted by molar-refractivity contribution is 0.0602. The molecule has 0 N–H and O–H groups in total. The Bertz CT molecular complexity index is 654. The van der Waals surface area contributed by atoms with E-state index < -0.39 is 5.97 Å². The van der Waals surface area contributed by atoms with Crippen molar-refractivity contribution in [3.8, 4) is 17.2 Å². The fraction of sp³-hybridized carbons (Fsp3) is 0.286. The second kappa shape index (κ2) is 5.64. The SMILES string of the molecule is COC(=O)c1ccnc2cc(OC)c(OC)c(OC)c12. The third kappa shape index (κ3) is 2.09. The monoisotopic (exact) mass is 277 g/mol. The minimum atomic E-state index is -0.470. The molecular formula is C14H15NO5. The van der Waals surface area contributed by atoms with Crippen molar-refractivity contribution in [3.05, 3.63) is 23.9 Å². The highest BCUT2D eigenvalue weighted by Crippen LogP contribution is 2.43. The molecular weight excluding hydrogens is 262 g/mol. The van der Waals surface area contributed by atoms with Crippen molar-refractivity contribution in [1.29, 1.82) is 0 Å². The molecule has 2 aromatic rings. The molecule has 0 saturated carbocycles. The van der Waals surface area contributed by atoms with Crippen molar-refractivity contribution >= 4 is 16.9 Å². The molecule has 0 radical (unpaired) electrons. The summed E-state index contributed by atoms with van der Waals surface area (Å²) in [7, 11) is 5.83. The van der Waals surface area contributed by atoms with Crippen molar-refractivity contribution in [1.82, 2.24) is 4.98 Å². The van der Waals surface area contributed by atoms with Gasteiger partial charge < -0.3 is 18.9 Å². The van der Waals surface area contributed by atoms with Gasteiger partial charge in [-0.05, 0) is 6.07 Å². The molecule has 2 rings (SSSR count). The van der Waals surface area contributed by atoms with E-state index in [1.165, 1.54) is 34.6 Å². The lowest BCUT2D eigenvalue weighted by atomic mass is 10.1. The van der Waals surface area contributed by atoms with Crippen LogP contribution in [0.2, 0.25) is 0 Å². The lowest BCUT2D eigenvalue weighted by Gasteiger charge is -2.15. The molecule has 6 heteroatoms. The van der Waals surface area contributed by atoms with Gasteiger partial charge >= 0.3 is 5.97 Å². The third-order valence-electron chi connectivity index (χ3n) is 2.94. The van der Waals surface area contributed by atoms with E-state index in [9.17, 15) is 4.79 Å². The summed E-state index contributed by atoms with van der Waals surface area (Å²) in [6.07, 6.45) is 1.53. The number of ether oxygens (including phenoxy) is 4. The molecule has 1 aromatic heterocycles. The highest BCUT2D eigenvalue weighted by Gasteiger charge is 2.22. The van der Waals surface area contributed by atoms with Crippen molar-refractivity contribution in [3.63, 3.8) is 0 Å². The van der Waals surface area contributed by atoms with E-state index in [0.29, 0.717) is 33.7 Å². The van der Waals surface area contributed by atoms with Crippen LogP contribution in [0.4, 0.5) is 0 Å². The van der Waals surface area contributed by atoms with Gasteiger partial charge in [0.2, 0.25) is 5.75 Å². The fourth-order valence-electron chi connectivity index (χ4n) is 2.06. The summed E-state index contributed by atoms with van der Waals surface area (Å²) >= 11 is 0. The number of pyridine rings is 1. The van der Waals surface area contributed by atoms with Gasteiger partial charge in [-0.15, -0.1) is 0 Å². The summed E-state index contributed by atoms with van der Waals surface area (Å²) in [6, 6.07) is 3.26. The molecule has 0 atom stereocenters. The topological polar surface area (TPSA) is 66.9 Å². The molecule has 0 fully saturated rings. The van der Waals surface area contributed by atoms with E-state index in [1.54, 1.807) is 12.1 Å². The summed E-state index contributed by atoms with van der Waals surface area (Å²) in [5.41, 5.74) is 0.915. The van der Waals surface area contributed by atoms with Gasteiger partial charge in [-0.1, -0.05) is 0 Å². The molecule has 1 heterocycles. The first kappa shape index (κ1) is 13.9. The molecule has 1 aromatic carbocycles. The van der Waals surface area contributed by atoms with Crippen LogP contribution >= 0.6 is 0 Å². The molecule has 106 valence electrons. The Balaban J connectivity index is 2.90. The summed E-state index contributed by atoms with van der Waals surface area (Å²) in [4.78, 5) is 16.1. The second-order valence-corrected chi connectivity index (χ2v) is 3.89. The third-order valence-corrected chi connectivity index (χ3v) is 2.94. The number of esters is 1. The van der Waals surface area contributed by atoms with Crippen LogP contribution in [-0.2, 0) is 4.74 Å². The number of carbonyl (C=O) groups excluding carboxylic acids is 1. The zero-order chi connectivity index (χ0) is 14.7. The van der Waals surface area contributed by atoms with Crippen LogP contribution in [0.5, 0.6) is 17.2 Å². The summed E-state index contributed by atoms with van der Waals surface area (Å²) in [6.45, 7) is 0. The Morgan fingerprint density at radius 3 is 2.30 bits per heavy atom. The number of hydrogen-bond donors (Lipinski definition) is 0. The van der Waals surface area contributed by atoms with E-state index in [-0.39, 0.29) is 0 Å². The second-order valence-electron chi connectivity index (χ2n) is 3.89. The Hall–Kier alpha value is -2.50. The van der Waals surface area contributed by atoms with Crippen molar-refractivity contribution < 1.29 is 23.7 Å². The minimum Gasteiger partial charge on any atom is -0.493 e. The highest BCUT2D eigenvalue weighted by molar-refractivity contribution is 6.07. The van der Waals surface area contributed by atoms with Crippen LogP contribution in [-0.4, -0.2) is 39.4 Å². The van der Waals surface area contributed by atoms with Gasteiger partial charge in [-0.3, -0.25) is 4.98 Å². The van der Waals surface area contributed by atoms with E-state index in [2.05, 4.69) is 4.98 Å². The molecule has 20 heavy (non-hydrogen) atoms. The molecule has 0 aliphatic carbocycles. The Morgan fingerprint density at radius 1 is 1.05 bits per heavy atom. The van der Waals surface area contributed by atoms with Gasteiger partial charge in [-0.25, -0.2) is 4.79 Å². The van der Waals surface area contributed by atoms with Crippen LogP contribution < -0.4 is 14.2 Å². The molecule has 0 saturated heterocycles. The first-order valence-electron chi connectivity index (χ1n) is 5.83. The maximum atomic E-state index is 11.9. The Kier molecular flexibility index (Phi) is 3.93. The Labute approximate surface area is 116 Å². The average Bonchev–Trinajstić information content (AvgIpc) is 2.51. The van der Waals surface area contributed by atoms with Crippen LogP contribution in [0.1, 0.15) is 10.4 Å². The van der Waals surface area contributed by atoms with Gasteiger partial charge in [0, 0.05) is 12.3 Å². The quantitative estimate of drug-likeness (QED) is 0.797. The van der Waals surface area contributed by atoms with E-state index in [4.69, 9.17) is 18.9 Å². The fourth-order valence-corrected chi connectivity index (χ4v) is 2.06. The minimum absolute atomic E-state index is 0.357. The number of hydrogen-bond acceptors (Lipinski definition) is 6. The molecule has 0 aliphatic heterocycles. The number of rotatable bonds is 4. The van der Waals surface area contributed by atoms with E-state index >= 15 is 0 Å². The smallest absolute Gasteiger partial charge is 0.338 e. The summed E-state index contributed by atoms with van der Waals surface area (Å²) in [5, 5.41) is 0.527. The standard InChI is InChI=1S/C14H15NO5/c1-17-10-7-9-11(13(19-3)12(10)18-2)8(5-6-15-9)14(16)20-4/h5-7H,1-4H3.